The minimum absolute atomic E-state index is 0.0599. The van der Waals surface area contributed by atoms with Gasteiger partial charge in [0.05, 0.1) is 12.2 Å². The molecule has 0 bridgehead atoms. The molecule has 0 aromatic heterocycles. The van der Waals surface area contributed by atoms with Crippen LogP contribution in [0, 0.1) is 0 Å². The van der Waals surface area contributed by atoms with E-state index in [2.05, 4.69) is 33.9 Å². The van der Waals surface area contributed by atoms with Crippen LogP contribution in [0.15, 0.2) is 12.2 Å². The van der Waals surface area contributed by atoms with E-state index in [-0.39, 0.29) is 23.9 Å². The van der Waals surface area contributed by atoms with Crippen molar-refractivity contribution >= 4 is 14.3 Å². The largest absolute Gasteiger partial charge is 0.480 e. The highest BCUT2D eigenvalue weighted by Crippen LogP contribution is 2.38. The van der Waals surface area contributed by atoms with Crippen LogP contribution in [0.2, 0.25) is 18.1 Å². The lowest BCUT2D eigenvalue weighted by atomic mass is 10.2. The molecule has 0 spiro atoms. The van der Waals surface area contributed by atoms with Crippen molar-refractivity contribution in [1.82, 2.24) is 0 Å². The smallest absolute Gasteiger partial charge is 0.329 e. The van der Waals surface area contributed by atoms with Crippen molar-refractivity contribution in [2.24, 2.45) is 0 Å². The third-order valence-corrected chi connectivity index (χ3v) is 8.18. The SMILES string of the molecule is CC(C)(C)[Si](C)(C)OC1C=CC(OCC(=O)O)C1. The average Bonchev–Trinajstić information content (AvgIpc) is 2.60. The Hall–Kier alpha value is -0.653. The molecule has 0 fully saturated rings. The monoisotopic (exact) mass is 272 g/mol. The summed E-state index contributed by atoms with van der Waals surface area (Å²) in [7, 11) is -1.77. The van der Waals surface area contributed by atoms with Gasteiger partial charge < -0.3 is 14.3 Å². The first-order chi connectivity index (χ1) is 8.12. The molecule has 0 aliphatic heterocycles. The fraction of sp³-hybridized carbons (Fsp3) is 0.769. The topological polar surface area (TPSA) is 55.8 Å². The number of rotatable bonds is 5. The molecule has 4 nitrogen and oxygen atoms in total. The van der Waals surface area contributed by atoms with Crippen LogP contribution in [0.25, 0.3) is 0 Å². The van der Waals surface area contributed by atoms with E-state index >= 15 is 0 Å². The van der Waals surface area contributed by atoms with Gasteiger partial charge in [-0.3, -0.25) is 0 Å². The number of carboxylic acid groups (broad SMARTS) is 1. The third-order valence-electron chi connectivity index (χ3n) is 3.68. The van der Waals surface area contributed by atoms with Gasteiger partial charge in [0.15, 0.2) is 8.32 Å². The highest BCUT2D eigenvalue weighted by atomic mass is 28.4. The molecule has 104 valence electrons. The molecule has 1 N–H and O–H groups in total. The van der Waals surface area contributed by atoms with Gasteiger partial charge in [0.25, 0.3) is 0 Å². The fourth-order valence-electron chi connectivity index (χ4n) is 1.58. The van der Waals surface area contributed by atoms with Gasteiger partial charge in [-0.05, 0) is 18.1 Å². The average molecular weight is 272 g/mol. The highest BCUT2D eigenvalue weighted by molar-refractivity contribution is 6.74. The van der Waals surface area contributed by atoms with E-state index in [1.807, 2.05) is 12.2 Å². The number of hydrogen-bond donors (Lipinski definition) is 1. The van der Waals surface area contributed by atoms with Crippen molar-refractivity contribution in [3.8, 4) is 0 Å². The summed E-state index contributed by atoms with van der Waals surface area (Å²) >= 11 is 0. The van der Waals surface area contributed by atoms with Gasteiger partial charge in [-0.1, -0.05) is 32.9 Å². The van der Waals surface area contributed by atoms with Gasteiger partial charge in [0.1, 0.15) is 6.61 Å². The molecule has 1 aliphatic rings. The van der Waals surface area contributed by atoms with E-state index in [9.17, 15) is 4.79 Å². The molecule has 5 heteroatoms. The number of carbonyl (C=O) groups is 1. The zero-order valence-electron chi connectivity index (χ0n) is 11.9. The van der Waals surface area contributed by atoms with Crippen LogP contribution in [0.5, 0.6) is 0 Å². The second-order valence-corrected chi connectivity index (χ2v) is 11.0. The van der Waals surface area contributed by atoms with E-state index in [0.29, 0.717) is 0 Å². The van der Waals surface area contributed by atoms with E-state index in [1.165, 1.54) is 0 Å². The van der Waals surface area contributed by atoms with E-state index < -0.39 is 14.3 Å². The molecule has 1 rings (SSSR count). The summed E-state index contributed by atoms with van der Waals surface area (Å²) in [6.45, 7) is 10.8. The molecule has 0 heterocycles. The normalized spacial score (nSPS) is 24.5. The van der Waals surface area contributed by atoms with Crippen LogP contribution >= 0.6 is 0 Å². The van der Waals surface area contributed by atoms with Crippen molar-refractivity contribution in [3.05, 3.63) is 12.2 Å². The molecule has 0 saturated carbocycles. The van der Waals surface area contributed by atoms with Gasteiger partial charge in [0.2, 0.25) is 0 Å². The fourth-order valence-corrected chi connectivity index (χ4v) is 2.86. The zero-order valence-corrected chi connectivity index (χ0v) is 12.9. The number of ether oxygens (including phenoxy) is 1. The van der Waals surface area contributed by atoms with Crippen LogP contribution in [-0.4, -0.2) is 38.2 Å². The van der Waals surface area contributed by atoms with Crippen LogP contribution in [0.1, 0.15) is 27.2 Å². The molecular weight excluding hydrogens is 248 g/mol. The van der Waals surface area contributed by atoms with Crippen LogP contribution in [0.4, 0.5) is 0 Å². The summed E-state index contributed by atoms with van der Waals surface area (Å²) in [6.07, 6.45) is 4.55. The first kappa shape index (κ1) is 15.4. The Balaban J connectivity index is 2.44. The van der Waals surface area contributed by atoms with E-state index in [0.717, 1.165) is 6.42 Å². The van der Waals surface area contributed by atoms with Gasteiger partial charge >= 0.3 is 5.97 Å². The lowest BCUT2D eigenvalue weighted by Crippen LogP contribution is -2.43. The van der Waals surface area contributed by atoms with E-state index in [4.69, 9.17) is 14.3 Å². The number of hydrogen-bond acceptors (Lipinski definition) is 3. The maximum absolute atomic E-state index is 10.4. The molecule has 0 saturated heterocycles. The van der Waals surface area contributed by atoms with Crippen molar-refractivity contribution in [1.29, 1.82) is 0 Å². The van der Waals surface area contributed by atoms with Crippen LogP contribution < -0.4 is 0 Å². The molecular formula is C13H24O4Si. The van der Waals surface area contributed by atoms with Gasteiger partial charge in [0, 0.05) is 6.42 Å². The number of aliphatic carboxylic acids is 1. The molecule has 0 aromatic carbocycles. The molecule has 0 aromatic rings. The maximum atomic E-state index is 10.4. The van der Waals surface area contributed by atoms with Crippen molar-refractivity contribution in [2.75, 3.05) is 6.61 Å². The third kappa shape index (κ3) is 4.22. The maximum Gasteiger partial charge on any atom is 0.329 e. The second kappa shape index (κ2) is 5.55. The van der Waals surface area contributed by atoms with Crippen molar-refractivity contribution in [3.63, 3.8) is 0 Å². The molecule has 2 atom stereocenters. The minimum atomic E-state index is -1.77. The van der Waals surface area contributed by atoms with Crippen LogP contribution in [0.3, 0.4) is 0 Å². The number of carboxylic acids is 1. The minimum Gasteiger partial charge on any atom is -0.480 e. The predicted octanol–water partition coefficient (Wildman–Crippen LogP) is 2.81. The summed E-state index contributed by atoms with van der Waals surface area (Å²) < 4.78 is 11.5. The first-order valence-corrected chi connectivity index (χ1v) is 9.22. The molecule has 1 aliphatic carbocycles. The first-order valence-electron chi connectivity index (χ1n) is 6.31. The standard InChI is InChI=1S/C13H24O4Si/c1-13(2,3)18(4,5)17-11-7-6-10(8-11)16-9-12(14)15/h6-7,10-11H,8-9H2,1-5H3,(H,14,15). The van der Waals surface area contributed by atoms with Crippen LogP contribution in [-0.2, 0) is 14.0 Å². The Bertz CT molecular complexity index is 330. The summed E-state index contributed by atoms with van der Waals surface area (Å²) in [6, 6.07) is 0. The van der Waals surface area contributed by atoms with Crippen molar-refractivity contribution in [2.45, 2.75) is 57.5 Å². The van der Waals surface area contributed by atoms with Gasteiger partial charge in [-0.15, -0.1) is 0 Å². The lowest BCUT2D eigenvalue weighted by Gasteiger charge is -2.38. The summed E-state index contributed by atoms with van der Waals surface area (Å²) in [4.78, 5) is 10.4. The Labute approximate surface area is 110 Å². The quantitative estimate of drug-likeness (QED) is 0.617. The lowest BCUT2D eigenvalue weighted by molar-refractivity contribution is -0.143. The second-order valence-electron chi connectivity index (χ2n) is 6.28. The van der Waals surface area contributed by atoms with Gasteiger partial charge in [-0.25, -0.2) is 4.79 Å². The zero-order chi connectivity index (χ0) is 14.0. The Morgan fingerprint density at radius 3 is 2.39 bits per heavy atom. The van der Waals surface area contributed by atoms with E-state index in [1.54, 1.807) is 0 Å². The Kier molecular flexibility index (Phi) is 4.75. The van der Waals surface area contributed by atoms with Crippen molar-refractivity contribution < 1.29 is 19.1 Å². The highest BCUT2D eigenvalue weighted by Gasteiger charge is 2.39. The Morgan fingerprint density at radius 1 is 1.33 bits per heavy atom. The van der Waals surface area contributed by atoms with Gasteiger partial charge in [-0.2, -0.15) is 0 Å². The Morgan fingerprint density at radius 2 is 1.89 bits per heavy atom. The summed E-state index contributed by atoms with van der Waals surface area (Å²) in [5.41, 5.74) is 0. The molecule has 18 heavy (non-hydrogen) atoms. The summed E-state index contributed by atoms with van der Waals surface area (Å²) in [5.74, 6) is -0.933. The molecule has 2 unspecified atom stereocenters. The molecule has 0 amide bonds. The predicted molar refractivity (Wildman–Crippen MR) is 73.2 cm³/mol. The molecule has 0 radical (unpaired) electrons. The summed E-state index contributed by atoms with van der Waals surface area (Å²) in [5, 5.41) is 8.74.